The van der Waals surface area contributed by atoms with Gasteiger partial charge in [0.05, 0.1) is 20.1 Å². The predicted octanol–water partition coefficient (Wildman–Crippen LogP) is 2.39. The highest BCUT2D eigenvalue weighted by Gasteiger charge is 2.31. The molecule has 1 aliphatic heterocycles. The molecule has 0 radical (unpaired) electrons. The number of rotatable bonds is 7. The summed E-state index contributed by atoms with van der Waals surface area (Å²) in [5, 5.41) is 12.1. The Bertz CT molecular complexity index is 634. The molecule has 0 saturated carbocycles. The standard InChI is InChI=1S/C19H28N2O5/c1-13-9-15(18(22)23)12-21(11-13)19(24)20-8-4-5-14-6-7-16(25-2)17(10-14)26-3/h6-7,10,13,15H,4-5,8-9,11-12H2,1-3H3,(H,20,24)(H,22,23). The maximum atomic E-state index is 12.3. The summed E-state index contributed by atoms with van der Waals surface area (Å²) in [7, 11) is 3.20. The molecule has 1 aromatic carbocycles. The summed E-state index contributed by atoms with van der Waals surface area (Å²) in [5.74, 6) is 0.272. The van der Waals surface area contributed by atoms with Gasteiger partial charge in [-0.2, -0.15) is 0 Å². The molecular formula is C19H28N2O5. The fourth-order valence-electron chi connectivity index (χ4n) is 3.33. The molecule has 7 heteroatoms. The largest absolute Gasteiger partial charge is 0.493 e. The Balaban J connectivity index is 1.79. The zero-order valence-corrected chi connectivity index (χ0v) is 15.7. The minimum absolute atomic E-state index is 0.185. The number of nitrogens with zero attached hydrogens (tertiary/aromatic N) is 1. The number of methoxy groups -OCH3 is 2. The number of carboxylic acid groups (broad SMARTS) is 1. The quantitative estimate of drug-likeness (QED) is 0.725. The van der Waals surface area contributed by atoms with Gasteiger partial charge in [-0.15, -0.1) is 0 Å². The van der Waals surface area contributed by atoms with E-state index in [0.717, 1.165) is 18.4 Å². The number of nitrogens with one attached hydrogen (secondary N) is 1. The highest BCUT2D eigenvalue weighted by Crippen LogP contribution is 2.28. The van der Waals surface area contributed by atoms with E-state index in [1.54, 1.807) is 19.1 Å². The number of aliphatic carboxylic acids is 1. The maximum absolute atomic E-state index is 12.3. The molecule has 144 valence electrons. The van der Waals surface area contributed by atoms with Gasteiger partial charge in [-0.25, -0.2) is 4.79 Å². The molecule has 1 heterocycles. The minimum atomic E-state index is -0.831. The molecule has 26 heavy (non-hydrogen) atoms. The van der Waals surface area contributed by atoms with E-state index in [-0.39, 0.29) is 18.5 Å². The second-order valence-electron chi connectivity index (χ2n) is 6.81. The molecule has 0 spiro atoms. The van der Waals surface area contributed by atoms with Gasteiger partial charge < -0.3 is 24.8 Å². The normalized spacial score (nSPS) is 19.7. The molecule has 1 fully saturated rings. The van der Waals surface area contributed by atoms with Crippen molar-refractivity contribution >= 4 is 12.0 Å². The Morgan fingerprint density at radius 2 is 1.96 bits per heavy atom. The van der Waals surface area contributed by atoms with Crippen molar-refractivity contribution in [1.29, 1.82) is 0 Å². The molecule has 1 saturated heterocycles. The summed E-state index contributed by atoms with van der Waals surface area (Å²) in [4.78, 5) is 25.1. The van der Waals surface area contributed by atoms with Gasteiger partial charge in [0.2, 0.25) is 0 Å². The molecule has 2 unspecified atom stereocenters. The van der Waals surface area contributed by atoms with Crippen LogP contribution in [0.2, 0.25) is 0 Å². The van der Waals surface area contributed by atoms with Crippen LogP contribution in [0, 0.1) is 11.8 Å². The number of aryl methyl sites for hydroxylation is 1. The lowest BCUT2D eigenvalue weighted by Gasteiger charge is -2.34. The number of carbonyl (C=O) groups is 2. The predicted molar refractivity (Wildman–Crippen MR) is 97.7 cm³/mol. The number of ether oxygens (including phenoxy) is 2. The lowest BCUT2D eigenvalue weighted by molar-refractivity contribution is -0.143. The van der Waals surface area contributed by atoms with E-state index in [4.69, 9.17) is 9.47 Å². The van der Waals surface area contributed by atoms with Crippen LogP contribution in [0.25, 0.3) is 0 Å². The zero-order chi connectivity index (χ0) is 19.1. The number of amides is 2. The van der Waals surface area contributed by atoms with Crippen LogP contribution >= 0.6 is 0 Å². The number of benzene rings is 1. The number of hydrogen-bond donors (Lipinski definition) is 2. The Labute approximate surface area is 154 Å². The molecule has 0 aromatic heterocycles. The second-order valence-corrected chi connectivity index (χ2v) is 6.81. The molecule has 2 N–H and O–H groups in total. The van der Waals surface area contributed by atoms with E-state index >= 15 is 0 Å². The zero-order valence-electron chi connectivity index (χ0n) is 15.7. The number of carbonyl (C=O) groups excluding carboxylic acids is 1. The molecule has 1 aliphatic rings. The number of hydrogen-bond acceptors (Lipinski definition) is 4. The van der Waals surface area contributed by atoms with Gasteiger partial charge in [-0.3, -0.25) is 4.79 Å². The number of likely N-dealkylation sites (tertiary alicyclic amines) is 1. The van der Waals surface area contributed by atoms with E-state index in [0.29, 0.717) is 31.0 Å². The maximum Gasteiger partial charge on any atom is 0.317 e. The Morgan fingerprint density at radius 1 is 1.23 bits per heavy atom. The van der Waals surface area contributed by atoms with Crippen LogP contribution in [0.15, 0.2) is 18.2 Å². The van der Waals surface area contributed by atoms with Gasteiger partial charge in [-0.1, -0.05) is 13.0 Å². The van der Waals surface area contributed by atoms with Gasteiger partial charge in [-0.05, 0) is 42.9 Å². The van der Waals surface area contributed by atoms with E-state index in [9.17, 15) is 14.7 Å². The summed E-state index contributed by atoms with van der Waals surface area (Å²) in [6.45, 7) is 3.40. The summed E-state index contributed by atoms with van der Waals surface area (Å²) < 4.78 is 10.5. The van der Waals surface area contributed by atoms with Gasteiger partial charge in [0.25, 0.3) is 0 Å². The van der Waals surface area contributed by atoms with Crippen molar-refractivity contribution < 1.29 is 24.2 Å². The van der Waals surface area contributed by atoms with E-state index in [1.807, 2.05) is 25.1 Å². The average Bonchev–Trinajstić information content (AvgIpc) is 2.64. The van der Waals surface area contributed by atoms with Crippen LogP contribution < -0.4 is 14.8 Å². The van der Waals surface area contributed by atoms with Crippen molar-refractivity contribution in [3.05, 3.63) is 23.8 Å². The Morgan fingerprint density at radius 3 is 2.62 bits per heavy atom. The van der Waals surface area contributed by atoms with Crippen LogP contribution in [0.5, 0.6) is 11.5 Å². The molecule has 0 aliphatic carbocycles. The molecule has 2 amide bonds. The third kappa shape index (κ3) is 5.28. The van der Waals surface area contributed by atoms with Crippen molar-refractivity contribution in [2.24, 2.45) is 11.8 Å². The van der Waals surface area contributed by atoms with Crippen LogP contribution in [-0.4, -0.2) is 55.9 Å². The molecular weight excluding hydrogens is 336 g/mol. The van der Waals surface area contributed by atoms with E-state index in [1.165, 1.54) is 0 Å². The van der Waals surface area contributed by atoms with Crippen molar-refractivity contribution in [2.75, 3.05) is 33.9 Å². The third-order valence-corrected chi connectivity index (χ3v) is 4.66. The molecule has 1 aromatic rings. The lowest BCUT2D eigenvalue weighted by atomic mass is 9.91. The van der Waals surface area contributed by atoms with Gasteiger partial charge in [0.1, 0.15) is 0 Å². The van der Waals surface area contributed by atoms with Crippen molar-refractivity contribution in [1.82, 2.24) is 10.2 Å². The van der Waals surface area contributed by atoms with Gasteiger partial charge in [0.15, 0.2) is 11.5 Å². The van der Waals surface area contributed by atoms with Crippen molar-refractivity contribution in [3.8, 4) is 11.5 Å². The summed E-state index contributed by atoms with van der Waals surface area (Å²) in [6.07, 6.45) is 2.21. The Kier molecular flexibility index (Phi) is 7.12. The molecule has 0 bridgehead atoms. The average molecular weight is 364 g/mol. The lowest BCUT2D eigenvalue weighted by Crippen LogP contribution is -2.49. The highest BCUT2D eigenvalue weighted by atomic mass is 16.5. The fraction of sp³-hybridized carbons (Fsp3) is 0.579. The Hall–Kier alpha value is -2.44. The van der Waals surface area contributed by atoms with Crippen LogP contribution in [0.1, 0.15) is 25.3 Å². The highest BCUT2D eigenvalue weighted by molar-refractivity contribution is 5.76. The first-order valence-electron chi connectivity index (χ1n) is 8.91. The first kappa shape index (κ1) is 19.9. The first-order chi connectivity index (χ1) is 12.4. The topological polar surface area (TPSA) is 88.1 Å². The number of carboxylic acids is 1. The molecule has 7 nitrogen and oxygen atoms in total. The van der Waals surface area contributed by atoms with E-state index < -0.39 is 11.9 Å². The van der Waals surface area contributed by atoms with Crippen molar-refractivity contribution in [3.63, 3.8) is 0 Å². The van der Waals surface area contributed by atoms with Gasteiger partial charge in [0, 0.05) is 19.6 Å². The molecule has 2 atom stereocenters. The monoisotopic (exact) mass is 364 g/mol. The van der Waals surface area contributed by atoms with E-state index in [2.05, 4.69) is 5.32 Å². The smallest absolute Gasteiger partial charge is 0.317 e. The van der Waals surface area contributed by atoms with Crippen LogP contribution in [-0.2, 0) is 11.2 Å². The van der Waals surface area contributed by atoms with Crippen LogP contribution in [0.4, 0.5) is 4.79 Å². The van der Waals surface area contributed by atoms with Gasteiger partial charge >= 0.3 is 12.0 Å². The fourth-order valence-corrected chi connectivity index (χ4v) is 3.33. The minimum Gasteiger partial charge on any atom is -0.493 e. The molecule has 2 rings (SSSR count). The second kappa shape index (κ2) is 9.31. The summed E-state index contributed by atoms with van der Waals surface area (Å²) in [6, 6.07) is 5.60. The summed E-state index contributed by atoms with van der Waals surface area (Å²) >= 11 is 0. The van der Waals surface area contributed by atoms with Crippen molar-refractivity contribution in [2.45, 2.75) is 26.2 Å². The number of piperidine rings is 1. The summed E-state index contributed by atoms with van der Waals surface area (Å²) in [5.41, 5.74) is 1.11. The SMILES string of the molecule is COc1ccc(CCCNC(=O)N2CC(C)CC(C(=O)O)C2)cc1OC. The number of urea groups is 1. The van der Waals surface area contributed by atoms with Crippen LogP contribution in [0.3, 0.4) is 0 Å². The third-order valence-electron chi connectivity index (χ3n) is 4.66. The first-order valence-corrected chi connectivity index (χ1v) is 8.91.